The van der Waals surface area contributed by atoms with Gasteiger partial charge in [0.05, 0.1) is 6.17 Å². The maximum Gasteiger partial charge on any atom is 0.127 e. The average molecular weight is 229 g/mol. The Kier molecular flexibility index (Phi) is 3.96. The smallest absolute Gasteiger partial charge is 0.127 e. The van der Waals surface area contributed by atoms with Gasteiger partial charge in [0.15, 0.2) is 0 Å². The number of hydrogen-bond acceptors (Lipinski definition) is 3. The highest BCUT2D eigenvalue weighted by Gasteiger charge is 2.05. The van der Waals surface area contributed by atoms with Crippen LogP contribution in [0.1, 0.15) is 0 Å². The second-order valence-corrected chi connectivity index (χ2v) is 3.83. The molecule has 0 fully saturated rings. The van der Waals surface area contributed by atoms with Crippen molar-refractivity contribution in [2.24, 2.45) is 0 Å². The first-order chi connectivity index (χ1) is 8.35. The molecule has 17 heavy (non-hydrogen) atoms. The van der Waals surface area contributed by atoms with Crippen molar-refractivity contribution in [3.8, 4) is 5.75 Å². The molecule has 3 nitrogen and oxygen atoms in total. The Labute approximate surface area is 102 Å². The summed E-state index contributed by atoms with van der Waals surface area (Å²) in [5.41, 5.74) is 0. The van der Waals surface area contributed by atoms with Gasteiger partial charge in [0, 0.05) is 5.39 Å². The quantitative estimate of drug-likeness (QED) is 0.767. The van der Waals surface area contributed by atoms with E-state index in [1.807, 2.05) is 44.4 Å². The molecule has 0 amide bonds. The lowest BCUT2D eigenvalue weighted by Crippen LogP contribution is -2.42. The summed E-state index contributed by atoms with van der Waals surface area (Å²) in [4.78, 5) is 0. The topological polar surface area (TPSA) is 33.3 Å². The fourth-order valence-electron chi connectivity index (χ4n) is 1.73. The van der Waals surface area contributed by atoms with Crippen LogP contribution in [0.2, 0.25) is 0 Å². The zero-order valence-corrected chi connectivity index (χ0v) is 10.2. The van der Waals surface area contributed by atoms with E-state index in [2.05, 4.69) is 22.8 Å². The first kappa shape index (κ1) is 11.9. The van der Waals surface area contributed by atoms with Crippen molar-refractivity contribution in [2.45, 2.75) is 6.17 Å². The lowest BCUT2D eigenvalue weighted by Gasteiger charge is -2.16. The largest absolute Gasteiger partial charge is 0.490 e. The molecule has 0 aromatic heterocycles. The zero-order chi connectivity index (χ0) is 12.1. The Morgan fingerprint density at radius 3 is 2.71 bits per heavy atom. The summed E-state index contributed by atoms with van der Waals surface area (Å²) in [5.74, 6) is 0.898. The van der Waals surface area contributed by atoms with Crippen molar-refractivity contribution in [1.82, 2.24) is 10.6 Å². The predicted octanol–water partition coefficient (Wildman–Crippen LogP) is 1.78. The number of likely N-dealkylation sites (N-methyl/N-ethyl adjacent to an activating group) is 2. The van der Waals surface area contributed by atoms with Gasteiger partial charge in [-0.15, -0.1) is 0 Å². The number of rotatable bonds is 5. The van der Waals surface area contributed by atoms with E-state index >= 15 is 0 Å². The van der Waals surface area contributed by atoms with Crippen LogP contribution in [0.25, 0.3) is 10.8 Å². The van der Waals surface area contributed by atoms with Gasteiger partial charge in [-0.3, -0.25) is 0 Å². The molecule has 2 N–H and O–H groups in total. The van der Waals surface area contributed by atoms with Crippen LogP contribution in [0.4, 0.5) is 0 Å². The molecule has 0 saturated heterocycles. The minimum absolute atomic E-state index is 0.151. The fraction of sp³-hybridized carbons (Fsp3) is 0.286. The van der Waals surface area contributed by atoms with Gasteiger partial charge in [-0.05, 0) is 31.6 Å². The highest BCUT2D eigenvalue weighted by molar-refractivity contribution is 5.87. The molecule has 2 rings (SSSR count). The first-order valence-electron chi connectivity index (χ1n) is 5.72. The van der Waals surface area contributed by atoms with E-state index in [4.69, 9.17) is 4.74 Å². The molecule has 89 valence electrons. The Morgan fingerprint density at radius 1 is 1.18 bits per heavy atom. The third-order valence-corrected chi connectivity index (χ3v) is 2.77. The van der Waals surface area contributed by atoms with E-state index in [0.29, 0.717) is 6.61 Å². The van der Waals surface area contributed by atoms with E-state index in [0.717, 1.165) is 16.5 Å². The Hall–Kier alpha value is -1.58. The zero-order valence-electron chi connectivity index (χ0n) is 10.2. The molecular weight excluding hydrogens is 212 g/mol. The minimum Gasteiger partial charge on any atom is -0.490 e. The van der Waals surface area contributed by atoms with Crippen LogP contribution < -0.4 is 15.4 Å². The number of benzene rings is 2. The van der Waals surface area contributed by atoms with Gasteiger partial charge < -0.3 is 15.4 Å². The molecule has 0 bridgehead atoms. The first-order valence-corrected chi connectivity index (χ1v) is 5.72. The lowest BCUT2D eigenvalue weighted by atomic mass is 10.1. The van der Waals surface area contributed by atoms with Gasteiger partial charge in [0.1, 0.15) is 12.4 Å². The Morgan fingerprint density at radius 2 is 1.94 bits per heavy atom. The van der Waals surface area contributed by atoms with Gasteiger partial charge >= 0.3 is 0 Å². The van der Waals surface area contributed by atoms with E-state index in [1.54, 1.807) is 0 Å². The number of fused-ring (bicyclic) bond motifs is 1. The molecule has 3 heteroatoms. The second kappa shape index (κ2) is 5.66. The van der Waals surface area contributed by atoms with Crippen LogP contribution in [-0.4, -0.2) is 26.9 Å². The summed E-state index contributed by atoms with van der Waals surface area (Å²) in [5, 5.41) is 8.43. The third-order valence-electron chi connectivity index (χ3n) is 2.77. The number of ether oxygens (including phenoxy) is 1. The fourth-order valence-corrected chi connectivity index (χ4v) is 1.73. The Bertz CT molecular complexity index is 475. The molecule has 0 saturated carbocycles. The summed E-state index contributed by atoms with van der Waals surface area (Å²) in [6.45, 7) is 0.584. The lowest BCUT2D eigenvalue weighted by molar-refractivity contribution is 0.256. The molecule has 2 aromatic carbocycles. The monoisotopic (exact) mass is 229 g/mol. The minimum atomic E-state index is 0.151. The molecule has 2 aromatic rings. The third kappa shape index (κ3) is 2.75. The van der Waals surface area contributed by atoms with Crippen LogP contribution in [0, 0.1) is 6.07 Å². The highest BCUT2D eigenvalue weighted by Crippen LogP contribution is 2.24. The van der Waals surface area contributed by atoms with Crippen LogP contribution in [-0.2, 0) is 0 Å². The van der Waals surface area contributed by atoms with Gasteiger partial charge in [0.25, 0.3) is 0 Å². The van der Waals surface area contributed by atoms with Gasteiger partial charge in [0.2, 0.25) is 0 Å². The van der Waals surface area contributed by atoms with Crippen molar-refractivity contribution in [1.29, 1.82) is 0 Å². The average Bonchev–Trinajstić information content (AvgIpc) is 2.40. The van der Waals surface area contributed by atoms with Crippen molar-refractivity contribution in [3.63, 3.8) is 0 Å². The van der Waals surface area contributed by atoms with Crippen LogP contribution >= 0.6 is 0 Å². The van der Waals surface area contributed by atoms with Crippen molar-refractivity contribution in [2.75, 3.05) is 20.7 Å². The van der Waals surface area contributed by atoms with Crippen molar-refractivity contribution >= 4 is 10.8 Å². The summed E-state index contributed by atoms with van der Waals surface area (Å²) in [7, 11) is 3.81. The van der Waals surface area contributed by atoms with E-state index in [-0.39, 0.29) is 6.17 Å². The van der Waals surface area contributed by atoms with Crippen molar-refractivity contribution < 1.29 is 4.74 Å². The molecule has 0 spiro atoms. The predicted molar refractivity (Wildman–Crippen MR) is 70.2 cm³/mol. The molecule has 0 aliphatic rings. The summed E-state index contributed by atoms with van der Waals surface area (Å²) >= 11 is 0. The number of nitrogens with one attached hydrogen (secondary N) is 2. The maximum atomic E-state index is 5.82. The molecule has 0 aliphatic heterocycles. The van der Waals surface area contributed by atoms with Gasteiger partial charge in [-0.25, -0.2) is 0 Å². The van der Waals surface area contributed by atoms with Crippen molar-refractivity contribution in [3.05, 3.63) is 42.5 Å². The molecule has 0 heterocycles. The van der Waals surface area contributed by atoms with E-state index < -0.39 is 0 Å². The van der Waals surface area contributed by atoms with Crippen LogP contribution in [0.3, 0.4) is 0 Å². The SMILES string of the molecule is CNC(COc1cc[c]c2ccccc12)NC. The highest BCUT2D eigenvalue weighted by atomic mass is 16.5. The normalized spacial score (nSPS) is 11.0. The molecular formula is C14H17N2O. The van der Waals surface area contributed by atoms with Crippen LogP contribution in [0.15, 0.2) is 36.4 Å². The van der Waals surface area contributed by atoms with Gasteiger partial charge in [-0.2, -0.15) is 0 Å². The van der Waals surface area contributed by atoms with Crippen LogP contribution in [0.5, 0.6) is 5.75 Å². The number of hydrogen-bond donors (Lipinski definition) is 2. The molecule has 1 radical (unpaired) electrons. The molecule has 0 atom stereocenters. The summed E-state index contributed by atoms with van der Waals surface area (Å²) in [6, 6.07) is 15.1. The molecule has 0 aliphatic carbocycles. The van der Waals surface area contributed by atoms with E-state index in [1.165, 1.54) is 0 Å². The maximum absolute atomic E-state index is 5.82. The summed E-state index contributed by atoms with van der Waals surface area (Å²) < 4.78 is 5.82. The summed E-state index contributed by atoms with van der Waals surface area (Å²) in [6.07, 6.45) is 0.151. The van der Waals surface area contributed by atoms with E-state index in [9.17, 15) is 0 Å². The second-order valence-electron chi connectivity index (χ2n) is 3.83. The Balaban J connectivity index is 2.18. The molecule has 0 unspecified atom stereocenters. The standard InChI is InChI=1S/C14H17N2O/c1-15-14(16-2)10-17-13-9-5-7-11-6-3-4-8-12(11)13/h3-6,8-9,14-16H,10H2,1-2H3. The van der Waals surface area contributed by atoms with Gasteiger partial charge in [-0.1, -0.05) is 30.3 Å².